The summed E-state index contributed by atoms with van der Waals surface area (Å²) in [6, 6.07) is 31.5. The van der Waals surface area contributed by atoms with Crippen LogP contribution in [0.15, 0.2) is 101 Å². The van der Waals surface area contributed by atoms with Gasteiger partial charge in [-0.15, -0.1) is 0 Å². The summed E-state index contributed by atoms with van der Waals surface area (Å²) in [5.74, 6) is 1.78. The molecular formula is C27H16ClN3O. The predicted molar refractivity (Wildman–Crippen MR) is 128 cm³/mol. The Labute approximate surface area is 189 Å². The molecular weight excluding hydrogens is 418 g/mol. The second-order valence-electron chi connectivity index (χ2n) is 7.44. The van der Waals surface area contributed by atoms with Crippen molar-refractivity contribution in [1.29, 1.82) is 0 Å². The van der Waals surface area contributed by atoms with Crippen molar-refractivity contribution in [3.63, 3.8) is 0 Å². The van der Waals surface area contributed by atoms with E-state index in [-0.39, 0.29) is 0 Å². The normalized spacial score (nSPS) is 11.3. The van der Waals surface area contributed by atoms with Crippen LogP contribution in [0, 0.1) is 0 Å². The number of hydrogen-bond donors (Lipinski definition) is 0. The Kier molecular flexibility index (Phi) is 4.44. The van der Waals surface area contributed by atoms with Gasteiger partial charge in [-0.3, -0.25) is 0 Å². The van der Waals surface area contributed by atoms with Crippen LogP contribution in [-0.2, 0) is 0 Å². The highest BCUT2D eigenvalue weighted by molar-refractivity contribution is 6.37. The van der Waals surface area contributed by atoms with E-state index in [1.807, 2.05) is 97.1 Å². The maximum Gasteiger partial charge on any atom is 0.167 e. The molecule has 4 nitrogen and oxygen atoms in total. The molecule has 0 amide bonds. The van der Waals surface area contributed by atoms with Gasteiger partial charge in [-0.05, 0) is 18.2 Å². The summed E-state index contributed by atoms with van der Waals surface area (Å²) in [5.41, 5.74) is 4.09. The first-order valence-electron chi connectivity index (χ1n) is 10.2. The summed E-state index contributed by atoms with van der Waals surface area (Å²) in [6.45, 7) is 0. The Morgan fingerprint density at radius 2 is 1.16 bits per heavy atom. The maximum absolute atomic E-state index is 6.49. The van der Waals surface area contributed by atoms with Crippen molar-refractivity contribution < 1.29 is 4.42 Å². The SMILES string of the molecule is Clc1cccc2oc3c(-c4nc(-c5ccccc5)nc(-c5ccccc5)n4)cccc3c12. The molecule has 0 saturated heterocycles. The smallest absolute Gasteiger partial charge is 0.167 e. The van der Waals surface area contributed by atoms with Gasteiger partial charge in [0, 0.05) is 21.9 Å². The highest BCUT2D eigenvalue weighted by Crippen LogP contribution is 2.38. The minimum Gasteiger partial charge on any atom is -0.455 e. The Morgan fingerprint density at radius 1 is 0.562 bits per heavy atom. The molecule has 0 aliphatic heterocycles. The van der Waals surface area contributed by atoms with Gasteiger partial charge in [-0.2, -0.15) is 0 Å². The molecule has 0 N–H and O–H groups in total. The maximum atomic E-state index is 6.49. The minimum absolute atomic E-state index is 0.554. The lowest BCUT2D eigenvalue weighted by atomic mass is 10.1. The number of aromatic nitrogens is 3. The first-order valence-corrected chi connectivity index (χ1v) is 10.6. The second-order valence-corrected chi connectivity index (χ2v) is 7.84. The van der Waals surface area contributed by atoms with Crippen molar-refractivity contribution in [3.05, 3.63) is 102 Å². The van der Waals surface area contributed by atoms with Gasteiger partial charge < -0.3 is 4.42 Å². The number of benzene rings is 4. The van der Waals surface area contributed by atoms with Gasteiger partial charge in [-0.25, -0.2) is 15.0 Å². The fourth-order valence-electron chi connectivity index (χ4n) is 3.91. The lowest BCUT2D eigenvalue weighted by Gasteiger charge is -2.08. The minimum atomic E-state index is 0.554. The van der Waals surface area contributed by atoms with E-state index in [1.165, 1.54) is 0 Å². The van der Waals surface area contributed by atoms with Crippen molar-refractivity contribution in [3.8, 4) is 34.2 Å². The van der Waals surface area contributed by atoms with Gasteiger partial charge in [0.2, 0.25) is 0 Å². The molecule has 2 heterocycles. The Balaban J connectivity index is 1.64. The molecule has 5 heteroatoms. The predicted octanol–water partition coefficient (Wildman–Crippen LogP) is 7.43. The molecule has 0 spiro atoms. The number of rotatable bonds is 3. The van der Waals surface area contributed by atoms with Gasteiger partial charge >= 0.3 is 0 Å². The lowest BCUT2D eigenvalue weighted by Crippen LogP contribution is -2.00. The fourth-order valence-corrected chi connectivity index (χ4v) is 4.18. The van der Waals surface area contributed by atoms with E-state index in [1.54, 1.807) is 0 Å². The highest BCUT2D eigenvalue weighted by atomic mass is 35.5. The van der Waals surface area contributed by atoms with Gasteiger partial charge in [-0.1, -0.05) is 90.5 Å². The largest absolute Gasteiger partial charge is 0.455 e. The molecule has 152 valence electrons. The van der Waals surface area contributed by atoms with E-state index < -0.39 is 0 Å². The van der Waals surface area contributed by atoms with Crippen LogP contribution < -0.4 is 0 Å². The topological polar surface area (TPSA) is 51.8 Å². The van der Waals surface area contributed by atoms with Crippen molar-refractivity contribution >= 4 is 33.5 Å². The standard InChI is InChI=1S/C27H16ClN3O/c28-21-15-8-16-22-23(21)19-13-7-14-20(24(19)32-22)27-30-25(17-9-3-1-4-10-17)29-26(31-27)18-11-5-2-6-12-18/h1-16H. The first kappa shape index (κ1) is 18.7. The number of halogens is 1. The van der Waals surface area contributed by atoms with Crippen molar-refractivity contribution in [1.82, 2.24) is 15.0 Å². The zero-order chi connectivity index (χ0) is 21.5. The summed E-state index contributed by atoms with van der Waals surface area (Å²) in [7, 11) is 0. The third kappa shape index (κ3) is 3.13. The summed E-state index contributed by atoms with van der Waals surface area (Å²) >= 11 is 6.49. The van der Waals surface area contributed by atoms with Crippen LogP contribution in [0.1, 0.15) is 0 Å². The molecule has 4 aromatic carbocycles. The Morgan fingerprint density at radius 3 is 1.81 bits per heavy atom. The van der Waals surface area contributed by atoms with E-state index in [2.05, 4.69) is 0 Å². The molecule has 0 aliphatic carbocycles. The van der Waals surface area contributed by atoms with Crippen LogP contribution in [-0.4, -0.2) is 15.0 Å². The van der Waals surface area contributed by atoms with E-state index in [0.717, 1.165) is 33.0 Å². The first-order chi connectivity index (χ1) is 15.8. The Hall–Kier alpha value is -4.02. The highest BCUT2D eigenvalue weighted by Gasteiger charge is 2.18. The molecule has 0 bridgehead atoms. The van der Waals surface area contributed by atoms with Crippen LogP contribution in [0.4, 0.5) is 0 Å². The zero-order valence-corrected chi connectivity index (χ0v) is 17.6. The average molecular weight is 434 g/mol. The molecule has 6 rings (SSSR count). The Bertz CT molecular complexity index is 1520. The number of nitrogens with zero attached hydrogens (tertiary/aromatic N) is 3. The summed E-state index contributed by atoms with van der Waals surface area (Å²) in [6.07, 6.45) is 0. The van der Waals surface area contributed by atoms with Gasteiger partial charge in [0.05, 0.1) is 10.6 Å². The fraction of sp³-hybridized carbons (Fsp3) is 0. The van der Waals surface area contributed by atoms with Gasteiger partial charge in [0.25, 0.3) is 0 Å². The molecule has 0 unspecified atom stereocenters. The third-order valence-electron chi connectivity index (χ3n) is 5.41. The van der Waals surface area contributed by atoms with Crippen molar-refractivity contribution in [2.45, 2.75) is 0 Å². The number of fused-ring (bicyclic) bond motifs is 3. The van der Waals surface area contributed by atoms with Crippen LogP contribution in [0.3, 0.4) is 0 Å². The van der Waals surface area contributed by atoms with E-state index in [4.69, 9.17) is 31.0 Å². The number of furan rings is 1. The monoisotopic (exact) mass is 433 g/mol. The number of hydrogen-bond acceptors (Lipinski definition) is 4. The van der Waals surface area contributed by atoms with Crippen molar-refractivity contribution in [2.24, 2.45) is 0 Å². The van der Waals surface area contributed by atoms with Crippen molar-refractivity contribution in [2.75, 3.05) is 0 Å². The van der Waals surface area contributed by atoms with Gasteiger partial charge in [0.1, 0.15) is 11.2 Å². The molecule has 0 fully saturated rings. The molecule has 2 aromatic heterocycles. The van der Waals surface area contributed by atoms with E-state index in [9.17, 15) is 0 Å². The zero-order valence-electron chi connectivity index (χ0n) is 16.9. The summed E-state index contributed by atoms with van der Waals surface area (Å²) in [4.78, 5) is 14.4. The van der Waals surface area contributed by atoms with Crippen LogP contribution in [0.2, 0.25) is 5.02 Å². The van der Waals surface area contributed by atoms with Crippen LogP contribution in [0.5, 0.6) is 0 Å². The summed E-state index contributed by atoms with van der Waals surface area (Å²) in [5, 5.41) is 2.49. The third-order valence-corrected chi connectivity index (χ3v) is 5.73. The molecule has 0 atom stereocenters. The second kappa shape index (κ2) is 7.59. The molecule has 0 saturated carbocycles. The van der Waals surface area contributed by atoms with Gasteiger partial charge in [0.15, 0.2) is 17.5 Å². The van der Waals surface area contributed by atoms with Crippen LogP contribution >= 0.6 is 11.6 Å². The quantitative estimate of drug-likeness (QED) is 0.291. The number of para-hydroxylation sites is 1. The summed E-state index contributed by atoms with van der Waals surface area (Å²) < 4.78 is 6.23. The molecule has 0 aliphatic rings. The lowest BCUT2D eigenvalue weighted by molar-refractivity contribution is 0.669. The molecule has 6 aromatic rings. The van der Waals surface area contributed by atoms with E-state index in [0.29, 0.717) is 28.1 Å². The van der Waals surface area contributed by atoms with Crippen LogP contribution in [0.25, 0.3) is 56.1 Å². The van der Waals surface area contributed by atoms with E-state index >= 15 is 0 Å². The molecule has 0 radical (unpaired) electrons. The molecule has 32 heavy (non-hydrogen) atoms. The average Bonchev–Trinajstić information content (AvgIpc) is 3.25.